The van der Waals surface area contributed by atoms with Gasteiger partial charge in [0, 0.05) is 56.6 Å². The zero-order valence-corrected chi connectivity index (χ0v) is 15.5. The SMILES string of the molecule is Cc1nc(CN2CC3CN(c4cc(-n5cccn5)ncn4)CC3C2)cs1. The first-order valence-electron chi connectivity index (χ1n) is 8.95. The molecule has 2 fully saturated rings. The molecule has 2 aliphatic heterocycles. The number of hydrogen-bond donors (Lipinski definition) is 0. The minimum atomic E-state index is 0.706. The summed E-state index contributed by atoms with van der Waals surface area (Å²) < 4.78 is 1.78. The minimum Gasteiger partial charge on any atom is -0.356 e. The van der Waals surface area contributed by atoms with Crippen LogP contribution >= 0.6 is 11.3 Å². The average molecular weight is 367 g/mol. The Morgan fingerprint density at radius 1 is 1.12 bits per heavy atom. The van der Waals surface area contributed by atoms with E-state index in [1.807, 2.05) is 18.3 Å². The number of likely N-dealkylation sites (tertiary alicyclic amines) is 1. The van der Waals surface area contributed by atoms with Crippen molar-refractivity contribution in [1.82, 2.24) is 29.6 Å². The van der Waals surface area contributed by atoms with Gasteiger partial charge >= 0.3 is 0 Å². The maximum absolute atomic E-state index is 4.61. The molecule has 2 saturated heterocycles. The van der Waals surface area contributed by atoms with Gasteiger partial charge in [-0.1, -0.05) is 0 Å². The third-order valence-electron chi connectivity index (χ3n) is 5.32. The van der Waals surface area contributed by atoms with Gasteiger partial charge in [-0.05, 0) is 24.8 Å². The lowest BCUT2D eigenvalue weighted by Gasteiger charge is -2.22. The summed E-state index contributed by atoms with van der Waals surface area (Å²) in [7, 11) is 0. The Morgan fingerprint density at radius 2 is 1.92 bits per heavy atom. The molecule has 8 heteroatoms. The molecule has 0 amide bonds. The Kier molecular flexibility index (Phi) is 3.94. The Labute approximate surface area is 156 Å². The molecular formula is C18H21N7S. The molecule has 3 aromatic rings. The third kappa shape index (κ3) is 2.99. The number of thiazole rings is 1. The van der Waals surface area contributed by atoms with Gasteiger partial charge in [-0.25, -0.2) is 19.6 Å². The van der Waals surface area contributed by atoms with Gasteiger partial charge in [-0.2, -0.15) is 5.10 Å². The second-order valence-electron chi connectivity index (χ2n) is 7.16. The first kappa shape index (κ1) is 15.9. The van der Waals surface area contributed by atoms with Crippen molar-refractivity contribution in [2.75, 3.05) is 31.1 Å². The van der Waals surface area contributed by atoms with Crippen LogP contribution in [0.2, 0.25) is 0 Å². The topological polar surface area (TPSA) is 63.0 Å². The molecule has 0 spiro atoms. The summed E-state index contributed by atoms with van der Waals surface area (Å²) in [6.45, 7) is 7.47. The molecule has 134 valence electrons. The maximum atomic E-state index is 4.61. The van der Waals surface area contributed by atoms with Gasteiger partial charge in [0.15, 0.2) is 5.82 Å². The summed E-state index contributed by atoms with van der Waals surface area (Å²) in [5.41, 5.74) is 1.21. The van der Waals surface area contributed by atoms with Crippen molar-refractivity contribution in [2.24, 2.45) is 11.8 Å². The molecule has 5 rings (SSSR count). The zero-order valence-electron chi connectivity index (χ0n) is 14.7. The Morgan fingerprint density at radius 3 is 2.62 bits per heavy atom. The van der Waals surface area contributed by atoms with Crippen molar-refractivity contribution in [3.05, 3.63) is 46.9 Å². The van der Waals surface area contributed by atoms with E-state index in [0.29, 0.717) is 11.8 Å². The van der Waals surface area contributed by atoms with E-state index in [9.17, 15) is 0 Å². The van der Waals surface area contributed by atoms with Crippen molar-refractivity contribution < 1.29 is 0 Å². The van der Waals surface area contributed by atoms with Crippen LogP contribution < -0.4 is 4.90 Å². The summed E-state index contributed by atoms with van der Waals surface area (Å²) in [6, 6.07) is 3.93. The fraction of sp³-hybridized carbons (Fsp3) is 0.444. The standard InChI is InChI=1S/C18H21N7S/c1-13-22-16(11-26-13)10-23-6-14-8-24(9-15(14)7-23)17-5-18(20-12-19-17)25-4-2-3-21-25/h2-5,11-12,14-15H,6-10H2,1H3. The largest absolute Gasteiger partial charge is 0.356 e. The minimum absolute atomic E-state index is 0.706. The lowest BCUT2D eigenvalue weighted by Crippen LogP contribution is -2.29. The van der Waals surface area contributed by atoms with E-state index in [2.05, 4.69) is 42.2 Å². The van der Waals surface area contributed by atoms with Crippen molar-refractivity contribution in [3.63, 3.8) is 0 Å². The summed E-state index contributed by atoms with van der Waals surface area (Å²) in [5, 5.41) is 7.60. The van der Waals surface area contributed by atoms with Crippen LogP contribution in [-0.4, -0.2) is 55.8 Å². The predicted octanol–water partition coefficient (Wildman–Crippen LogP) is 2.00. The van der Waals surface area contributed by atoms with Crippen LogP contribution in [0.4, 0.5) is 5.82 Å². The molecule has 0 aliphatic carbocycles. The Balaban J connectivity index is 1.25. The number of nitrogens with zero attached hydrogens (tertiary/aromatic N) is 7. The summed E-state index contributed by atoms with van der Waals surface area (Å²) in [5.74, 6) is 3.23. The summed E-state index contributed by atoms with van der Waals surface area (Å²) >= 11 is 1.74. The summed E-state index contributed by atoms with van der Waals surface area (Å²) in [6.07, 6.45) is 5.31. The molecule has 0 bridgehead atoms. The molecule has 0 N–H and O–H groups in total. The van der Waals surface area contributed by atoms with E-state index in [4.69, 9.17) is 0 Å². The third-order valence-corrected chi connectivity index (χ3v) is 6.14. The van der Waals surface area contributed by atoms with E-state index in [1.54, 1.807) is 28.5 Å². The number of aryl methyl sites for hydroxylation is 1. The molecule has 26 heavy (non-hydrogen) atoms. The molecule has 2 unspecified atom stereocenters. The molecule has 3 aromatic heterocycles. The van der Waals surface area contributed by atoms with E-state index in [-0.39, 0.29) is 0 Å². The van der Waals surface area contributed by atoms with Gasteiger partial charge in [0.2, 0.25) is 0 Å². The fourth-order valence-corrected chi connectivity index (χ4v) is 4.76. The highest BCUT2D eigenvalue weighted by molar-refractivity contribution is 7.09. The highest BCUT2D eigenvalue weighted by Gasteiger charge is 2.40. The molecule has 0 saturated carbocycles. The Bertz CT molecular complexity index is 877. The van der Waals surface area contributed by atoms with Crippen LogP contribution in [0.15, 0.2) is 36.2 Å². The highest BCUT2D eigenvalue weighted by Crippen LogP contribution is 2.34. The Hall–Kier alpha value is -2.32. The second kappa shape index (κ2) is 6.44. The molecule has 2 atom stereocenters. The molecule has 0 aromatic carbocycles. The zero-order chi connectivity index (χ0) is 17.5. The van der Waals surface area contributed by atoms with Crippen LogP contribution in [0.3, 0.4) is 0 Å². The lowest BCUT2D eigenvalue weighted by molar-refractivity contribution is 0.305. The number of aromatic nitrogens is 5. The molecule has 0 radical (unpaired) electrons. The predicted molar refractivity (Wildman–Crippen MR) is 100 cm³/mol. The second-order valence-corrected chi connectivity index (χ2v) is 8.22. The van der Waals surface area contributed by atoms with Crippen LogP contribution in [0.25, 0.3) is 5.82 Å². The van der Waals surface area contributed by atoms with E-state index in [1.165, 1.54) is 5.69 Å². The molecular weight excluding hydrogens is 346 g/mol. The average Bonchev–Trinajstić information content (AvgIpc) is 3.39. The van der Waals surface area contributed by atoms with Crippen LogP contribution in [0, 0.1) is 18.8 Å². The molecule has 7 nitrogen and oxygen atoms in total. The van der Waals surface area contributed by atoms with E-state index < -0.39 is 0 Å². The first-order valence-corrected chi connectivity index (χ1v) is 9.83. The van der Waals surface area contributed by atoms with Crippen molar-refractivity contribution in [1.29, 1.82) is 0 Å². The van der Waals surface area contributed by atoms with Crippen LogP contribution in [0.1, 0.15) is 10.7 Å². The number of fused-ring (bicyclic) bond motifs is 1. The van der Waals surface area contributed by atoms with Gasteiger partial charge in [0.25, 0.3) is 0 Å². The van der Waals surface area contributed by atoms with Gasteiger partial charge in [-0.15, -0.1) is 11.3 Å². The number of anilines is 1. The number of rotatable bonds is 4. The van der Waals surface area contributed by atoms with Crippen LogP contribution in [-0.2, 0) is 6.54 Å². The van der Waals surface area contributed by atoms with E-state index in [0.717, 1.165) is 49.4 Å². The van der Waals surface area contributed by atoms with Gasteiger partial charge in [0.05, 0.1) is 10.7 Å². The highest BCUT2D eigenvalue weighted by atomic mass is 32.1. The van der Waals surface area contributed by atoms with Crippen LogP contribution in [0.5, 0.6) is 0 Å². The van der Waals surface area contributed by atoms with Crippen molar-refractivity contribution in [2.45, 2.75) is 13.5 Å². The number of hydrogen-bond acceptors (Lipinski definition) is 7. The molecule has 2 aliphatic rings. The smallest absolute Gasteiger partial charge is 0.158 e. The maximum Gasteiger partial charge on any atom is 0.158 e. The fourth-order valence-electron chi connectivity index (χ4n) is 4.16. The van der Waals surface area contributed by atoms with Crippen molar-refractivity contribution in [3.8, 4) is 5.82 Å². The van der Waals surface area contributed by atoms with Crippen molar-refractivity contribution >= 4 is 17.2 Å². The first-order chi connectivity index (χ1) is 12.7. The molecule has 5 heterocycles. The monoisotopic (exact) mass is 367 g/mol. The summed E-state index contributed by atoms with van der Waals surface area (Å²) in [4.78, 5) is 18.4. The quantitative estimate of drug-likeness (QED) is 0.703. The van der Waals surface area contributed by atoms with Gasteiger partial charge < -0.3 is 4.90 Å². The van der Waals surface area contributed by atoms with Gasteiger partial charge in [0.1, 0.15) is 12.1 Å². The van der Waals surface area contributed by atoms with Gasteiger partial charge in [-0.3, -0.25) is 4.90 Å². The lowest BCUT2D eigenvalue weighted by atomic mass is 10.0. The normalized spacial score (nSPS) is 22.9. The van der Waals surface area contributed by atoms with E-state index >= 15 is 0 Å².